The van der Waals surface area contributed by atoms with Crippen LogP contribution in [-0.4, -0.2) is 70.5 Å². The fourth-order valence-corrected chi connectivity index (χ4v) is 3.02. The van der Waals surface area contributed by atoms with Crippen LogP contribution in [0.5, 0.6) is 5.75 Å². The van der Waals surface area contributed by atoms with E-state index < -0.39 is 0 Å². The van der Waals surface area contributed by atoms with Crippen molar-refractivity contribution in [3.8, 4) is 5.75 Å². The number of morpholine rings is 1. The largest absolute Gasteiger partial charge is 0.497 e. The van der Waals surface area contributed by atoms with E-state index in [2.05, 4.69) is 48.6 Å². The van der Waals surface area contributed by atoms with E-state index in [0.29, 0.717) is 12.5 Å². The van der Waals surface area contributed by atoms with Crippen LogP contribution in [0.15, 0.2) is 29.3 Å². The number of ether oxygens (including phenoxy) is 2. The molecule has 154 valence electrons. The Morgan fingerprint density at radius 3 is 2.70 bits per heavy atom. The van der Waals surface area contributed by atoms with Gasteiger partial charge in [-0.25, -0.2) is 0 Å². The molecule has 2 unspecified atom stereocenters. The quantitative estimate of drug-likeness (QED) is 0.334. The van der Waals surface area contributed by atoms with E-state index in [0.717, 1.165) is 50.9 Å². The lowest BCUT2D eigenvalue weighted by Crippen LogP contribution is -2.43. The number of hydrogen-bond acceptors (Lipinski definition) is 4. The van der Waals surface area contributed by atoms with Gasteiger partial charge in [-0.15, -0.1) is 24.0 Å². The number of methoxy groups -OCH3 is 1. The van der Waals surface area contributed by atoms with Crippen molar-refractivity contribution < 1.29 is 9.47 Å². The third-order valence-electron chi connectivity index (χ3n) is 4.69. The Kier molecular flexibility index (Phi) is 11.7. The Hall–Kier alpha value is -1.06. The van der Waals surface area contributed by atoms with Gasteiger partial charge in [-0.2, -0.15) is 0 Å². The highest BCUT2D eigenvalue weighted by atomic mass is 127. The fraction of sp³-hybridized carbons (Fsp3) is 0.650. The molecule has 0 aromatic heterocycles. The number of rotatable bonds is 8. The van der Waals surface area contributed by atoms with Crippen LogP contribution in [0, 0.1) is 0 Å². The molecule has 1 heterocycles. The molecule has 2 rings (SSSR count). The third-order valence-corrected chi connectivity index (χ3v) is 4.69. The van der Waals surface area contributed by atoms with E-state index in [1.54, 1.807) is 7.11 Å². The number of halogens is 1. The summed E-state index contributed by atoms with van der Waals surface area (Å²) in [5, 5.41) is 6.75. The molecular formula is C20H35IN4O2. The van der Waals surface area contributed by atoms with E-state index in [1.165, 1.54) is 5.56 Å². The summed E-state index contributed by atoms with van der Waals surface area (Å²) in [5.41, 5.74) is 1.33. The van der Waals surface area contributed by atoms with Crippen molar-refractivity contribution in [2.24, 2.45) is 4.99 Å². The molecule has 0 spiro atoms. The maximum Gasteiger partial charge on any atom is 0.191 e. The molecule has 0 radical (unpaired) electrons. The van der Waals surface area contributed by atoms with Crippen LogP contribution in [0.25, 0.3) is 0 Å². The second-order valence-electron chi connectivity index (χ2n) is 6.86. The summed E-state index contributed by atoms with van der Waals surface area (Å²) in [6.07, 6.45) is 1.22. The van der Waals surface area contributed by atoms with Crippen molar-refractivity contribution in [2.75, 3.05) is 53.5 Å². The van der Waals surface area contributed by atoms with E-state index in [-0.39, 0.29) is 30.1 Å². The first-order valence-electron chi connectivity index (χ1n) is 9.58. The molecule has 27 heavy (non-hydrogen) atoms. The summed E-state index contributed by atoms with van der Waals surface area (Å²) in [6.45, 7) is 9.49. The number of guanidine groups is 1. The van der Waals surface area contributed by atoms with Crippen molar-refractivity contribution in [1.82, 2.24) is 15.5 Å². The standard InChI is InChI=1S/C20H34N4O2.HI/c1-5-21-20(23-14-19-15-24(3)12-13-26-19)22-11-10-16(2)17-6-8-18(25-4)9-7-17;/h6-9,16,19H,5,10-15H2,1-4H3,(H2,21,22,23);1H. The minimum absolute atomic E-state index is 0. The van der Waals surface area contributed by atoms with Gasteiger partial charge in [-0.05, 0) is 44.0 Å². The maximum atomic E-state index is 5.78. The zero-order valence-electron chi connectivity index (χ0n) is 17.0. The van der Waals surface area contributed by atoms with E-state index >= 15 is 0 Å². The first kappa shape index (κ1) is 24.0. The Bertz CT molecular complexity index is 553. The molecule has 6 nitrogen and oxygen atoms in total. The normalized spacial score (nSPS) is 19.1. The lowest BCUT2D eigenvalue weighted by molar-refractivity contribution is -0.0136. The van der Waals surface area contributed by atoms with Crippen LogP contribution >= 0.6 is 24.0 Å². The SMILES string of the molecule is CCNC(=NCC1CN(C)CCO1)NCCC(C)c1ccc(OC)cc1.I. The highest BCUT2D eigenvalue weighted by Gasteiger charge is 2.17. The van der Waals surface area contributed by atoms with Crippen LogP contribution in [0.3, 0.4) is 0 Å². The van der Waals surface area contributed by atoms with Crippen molar-refractivity contribution in [1.29, 1.82) is 0 Å². The zero-order valence-corrected chi connectivity index (χ0v) is 19.4. The Morgan fingerprint density at radius 2 is 2.07 bits per heavy atom. The summed E-state index contributed by atoms with van der Waals surface area (Å²) in [5.74, 6) is 2.24. The maximum absolute atomic E-state index is 5.78. The molecule has 1 aliphatic heterocycles. The Morgan fingerprint density at radius 1 is 1.33 bits per heavy atom. The number of aliphatic imine (C=N–C) groups is 1. The number of nitrogens with zero attached hydrogens (tertiary/aromatic N) is 2. The number of likely N-dealkylation sites (N-methyl/N-ethyl adjacent to an activating group) is 1. The number of benzene rings is 1. The van der Waals surface area contributed by atoms with Crippen LogP contribution in [-0.2, 0) is 4.74 Å². The molecule has 0 bridgehead atoms. The third kappa shape index (κ3) is 8.66. The van der Waals surface area contributed by atoms with Gasteiger partial charge in [-0.3, -0.25) is 4.99 Å². The summed E-state index contributed by atoms with van der Waals surface area (Å²) in [7, 11) is 3.82. The summed E-state index contributed by atoms with van der Waals surface area (Å²) in [6, 6.07) is 8.32. The van der Waals surface area contributed by atoms with Gasteiger partial charge in [0, 0.05) is 26.2 Å². The second-order valence-corrected chi connectivity index (χ2v) is 6.86. The minimum Gasteiger partial charge on any atom is -0.497 e. The molecule has 0 aliphatic carbocycles. The first-order valence-corrected chi connectivity index (χ1v) is 9.58. The average Bonchev–Trinajstić information content (AvgIpc) is 2.66. The smallest absolute Gasteiger partial charge is 0.191 e. The zero-order chi connectivity index (χ0) is 18.8. The van der Waals surface area contributed by atoms with E-state index in [4.69, 9.17) is 14.5 Å². The van der Waals surface area contributed by atoms with Crippen molar-refractivity contribution in [2.45, 2.75) is 32.3 Å². The Labute approximate surface area is 181 Å². The van der Waals surface area contributed by atoms with Gasteiger partial charge >= 0.3 is 0 Å². The van der Waals surface area contributed by atoms with Crippen LogP contribution < -0.4 is 15.4 Å². The number of hydrogen-bond donors (Lipinski definition) is 2. The van der Waals surface area contributed by atoms with Gasteiger partial charge in [0.25, 0.3) is 0 Å². The minimum atomic E-state index is 0. The molecule has 0 saturated carbocycles. The summed E-state index contributed by atoms with van der Waals surface area (Å²) >= 11 is 0. The molecule has 2 atom stereocenters. The molecule has 1 fully saturated rings. The molecule has 1 saturated heterocycles. The van der Waals surface area contributed by atoms with Crippen LogP contribution in [0.4, 0.5) is 0 Å². The monoisotopic (exact) mass is 490 g/mol. The topological polar surface area (TPSA) is 58.1 Å². The molecular weight excluding hydrogens is 455 g/mol. The van der Waals surface area contributed by atoms with E-state index in [1.807, 2.05) is 12.1 Å². The van der Waals surface area contributed by atoms with Crippen molar-refractivity contribution >= 4 is 29.9 Å². The van der Waals surface area contributed by atoms with Crippen LogP contribution in [0.1, 0.15) is 31.7 Å². The van der Waals surface area contributed by atoms with Gasteiger partial charge in [0.1, 0.15) is 5.75 Å². The lowest BCUT2D eigenvalue weighted by atomic mass is 9.98. The van der Waals surface area contributed by atoms with Gasteiger partial charge in [-0.1, -0.05) is 19.1 Å². The van der Waals surface area contributed by atoms with Crippen molar-refractivity contribution in [3.05, 3.63) is 29.8 Å². The predicted octanol–water partition coefficient (Wildman–Crippen LogP) is 2.69. The summed E-state index contributed by atoms with van der Waals surface area (Å²) in [4.78, 5) is 6.98. The Balaban J connectivity index is 0.00000364. The first-order chi connectivity index (χ1) is 12.6. The molecule has 1 aromatic carbocycles. The summed E-state index contributed by atoms with van der Waals surface area (Å²) < 4.78 is 11.0. The molecule has 1 aromatic rings. The molecule has 7 heteroatoms. The second kappa shape index (κ2) is 13.2. The van der Waals surface area contributed by atoms with Gasteiger partial charge in [0.15, 0.2) is 5.96 Å². The lowest BCUT2D eigenvalue weighted by Gasteiger charge is -2.29. The fourth-order valence-electron chi connectivity index (χ4n) is 3.02. The highest BCUT2D eigenvalue weighted by Crippen LogP contribution is 2.21. The molecule has 2 N–H and O–H groups in total. The van der Waals surface area contributed by atoms with Gasteiger partial charge < -0.3 is 25.0 Å². The molecule has 1 aliphatic rings. The molecule has 0 amide bonds. The van der Waals surface area contributed by atoms with Crippen LogP contribution in [0.2, 0.25) is 0 Å². The van der Waals surface area contributed by atoms with Gasteiger partial charge in [0.05, 0.1) is 26.4 Å². The van der Waals surface area contributed by atoms with Gasteiger partial charge in [0.2, 0.25) is 0 Å². The van der Waals surface area contributed by atoms with E-state index in [9.17, 15) is 0 Å². The average molecular weight is 490 g/mol. The highest BCUT2D eigenvalue weighted by molar-refractivity contribution is 14.0. The van der Waals surface area contributed by atoms with Crippen molar-refractivity contribution in [3.63, 3.8) is 0 Å². The predicted molar refractivity (Wildman–Crippen MR) is 123 cm³/mol. The number of nitrogens with one attached hydrogen (secondary N) is 2.